The van der Waals surface area contributed by atoms with Gasteiger partial charge in [0.15, 0.2) is 6.61 Å². The normalized spacial score (nSPS) is 14.7. The van der Waals surface area contributed by atoms with Crippen molar-refractivity contribution in [2.45, 2.75) is 20.3 Å². The molecule has 1 aliphatic heterocycles. The van der Waals surface area contributed by atoms with Gasteiger partial charge in [-0.25, -0.2) is 0 Å². The highest BCUT2D eigenvalue weighted by Crippen LogP contribution is 2.19. The van der Waals surface area contributed by atoms with Gasteiger partial charge < -0.3 is 14.8 Å². The molecule has 0 bridgehead atoms. The summed E-state index contributed by atoms with van der Waals surface area (Å²) in [5, 5.41) is 2.89. The van der Waals surface area contributed by atoms with E-state index >= 15 is 0 Å². The Hall–Kier alpha value is -2.37. The van der Waals surface area contributed by atoms with Gasteiger partial charge in [0, 0.05) is 25.3 Å². The van der Waals surface area contributed by atoms with Gasteiger partial charge in [0.25, 0.3) is 5.91 Å². The number of carbonyl (C=O) groups excluding carboxylic acids is 1. The van der Waals surface area contributed by atoms with Crippen molar-refractivity contribution in [1.29, 1.82) is 0 Å². The number of aryl methyl sites for hydroxylation is 2. The first-order valence-corrected chi connectivity index (χ1v) is 9.49. The van der Waals surface area contributed by atoms with Crippen LogP contribution in [0.5, 0.6) is 5.75 Å². The third-order valence-electron chi connectivity index (χ3n) is 4.76. The summed E-state index contributed by atoms with van der Waals surface area (Å²) in [6.07, 6.45) is 1.00. The first-order chi connectivity index (χ1) is 13.1. The van der Waals surface area contributed by atoms with Gasteiger partial charge in [0.2, 0.25) is 0 Å². The molecule has 1 fully saturated rings. The molecule has 1 saturated heterocycles. The summed E-state index contributed by atoms with van der Waals surface area (Å²) in [7, 11) is 0. The lowest BCUT2D eigenvalue weighted by atomic mass is 10.1. The van der Waals surface area contributed by atoms with Gasteiger partial charge >= 0.3 is 0 Å². The van der Waals surface area contributed by atoms with Crippen molar-refractivity contribution in [2.24, 2.45) is 0 Å². The molecule has 5 nitrogen and oxygen atoms in total. The van der Waals surface area contributed by atoms with Crippen LogP contribution in [0.1, 0.15) is 16.7 Å². The van der Waals surface area contributed by atoms with Gasteiger partial charge in [-0.15, -0.1) is 0 Å². The second kappa shape index (κ2) is 9.53. The van der Waals surface area contributed by atoms with Crippen molar-refractivity contribution >= 4 is 11.6 Å². The average molecular weight is 368 g/mol. The van der Waals surface area contributed by atoms with Crippen LogP contribution >= 0.6 is 0 Å². The molecule has 0 spiro atoms. The Morgan fingerprint density at radius 1 is 1.11 bits per heavy atom. The van der Waals surface area contributed by atoms with Crippen LogP contribution in [-0.4, -0.2) is 50.3 Å². The minimum atomic E-state index is -0.156. The molecular weight excluding hydrogens is 340 g/mol. The summed E-state index contributed by atoms with van der Waals surface area (Å²) < 4.78 is 11.0. The van der Waals surface area contributed by atoms with Gasteiger partial charge in [0.05, 0.1) is 13.2 Å². The van der Waals surface area contributed by atoms with E-state index in [1.165, 1.54) is 5.56 Å². The highest BCUT2D eigenvalue weighted by atomic mass is 16.5. The van der Waals surface area contributed by atoms with E-state index in [0.717, 1.165) is 61.8 Å². The van der Waals surface area contributed by atoms with Crippen LogP contribution in [0.15, 0.2) is 42.5 Å². The van der Waals surface area contributed by atoms with Crippen LogP contribution in [0.25, 0.3) is 0 Å². The average Bonchev–Trinajstić information content (AvgIpc) is 2.69. The Bertz CT molecular complexity index is 753. The molecule has 27 heavy (non-hydrogen) atoms. The predicted molar refractivity (Wildman–Crippen MR) is 107 cm³/mol. The maximum atomic E-state index is 12.1. The van der Waals surface area contributed by atoms with Crippen molar-refractivity contribution in [1.82, 2.24) is 4.90 Å². The van der Waals surface area contributed by atoms with Crippen molar-refractivity contribution in [3.8, 4) is 5.75 Å². The number of nitrogens with one attached hydrogen (secondary N) is 1. The summed E-state index contributed by atoms with van der Waals surface area (Å²) in [5.74, 6) is 0.598. The molecular formula is C22H28N2O3. The van der Waals surface area contributed by atoms with Crippen LogP contribution in [-0.2, 0) is 16.0 Å². The minimum absolute atomic E-state index is 0.00305. The van der Waals surface area contributed by atoms with Crippen molar-refractivity contribution in [3.63, 3.8) is 0 Å². The van der Waals surface area contributed by atoms with Gasteiger partial charge in [-0.05, 0) is 55.2 Å². The molecule has 5 heteroatoms. The Kier molecular flexibility index (Phi) is 6.85. The standard InChI is InChI=1S/C22H28N2O3/c1-17-3-4-18(2)21(15-17)27-16-22(25)23-20-7-5-19(6-8-20)9-10-24-11-13-26-14-12-24/h3-8,15H,9-14,16H2,1-2H3,(H,23,25). The SMILES string of the molecule is Cc1ccc(C)c(OCC(=O)Nc2ccc(CCN3CCOCC3)cc2)c1. The van der Waals surface area contributed by atoms with Crippen molar-refractivity contribution in [2.75, 3.05) is 44.8 Å². The Balaban J connectivity index is 1.44. The van der Waals surface area contributed by atoms with Crippen LogP contribution < -0.4 is 10.1 Å². The molecule has 0 aromatic heterocycles. The quantitative estimate of drug-likeness (QED) is 0.815. The summed E-state index contributed by atoms with van der Waals surface area (Å²) in [4.78, 5) is 14.6. The molecule has 1 N–H and O–H groups in total. The molecule has 3 rings (SSSR count). The molecule has 144 valence electrons. The van der Waals surface area contributed by atoms with Gasteiger partial charge in [-0.2, -0.15) is 0 Å². The van der Waals surface area contributed by atoms with E-state index in [-0.39, 0.29) is 12.5 Å². The van der Waals surface area contributed by atoms with Crippen molar-refractivity contribution in [3.05, 3.63) is 59.2 Å². The third kappa shape index (κ3) is 6.08. The summed E-state index contributed by atoms with van der Waals surface area (Å²) in [6, 6.07) is 14.0. The van der Waals surface area contributed by atoms with E-state index in [9.17, 15) is 4.79 Å². The fourth-order valence-electron chi connectivity index (χ4n) is 3.07. The van der Waals surface area contributed by atoms with Crippen LogP contribution in [0.2, 0.25) is 0 Å². The number of nitrogens with zero attached hydrogens (tertiary/aromatic N) is 1. The maximum absolute atomic E-state index is 12.1. The van der Waals surface area contributed by atoms with E-state index in [4.69, 9.17) is 9.47 Å². The lowest BCUT2D eigenvalue weighted by Crippen LogP contribution is -2.37. The van der Waals surface area contributed by atoms with Crippen molar-refractivity contribution < 1.29 is 14.3 Å². The molecule has 1 heterocycles. The molecule has 0 aliphatic carbocycles. The summed E-state index contributed by atoms with van der Waals surface area (Å²) in [6.45, 7) is 8.70. The second-order valence-electron chi connectivity index (χ2n) is 7.01. The minimum Gasteiger partial charge on any atom is -0.483 e. The lowest BCUT2D eigenvalue weighted by molar-refractivity contribution is -0.118. The fraction of sp³-hybridized carbons (Fsp3) is 0.409. The Morgan fingerprint density at radius 2 is 1.85 bits per heavy atom. The highest BCUT2D eigenvalue weighted by Gasteiger charge is 2.10. The summed E-state index contributed by atoms with van der Waals surface area (Å²) in [5.41, 5.74) is 4.20. The Labute approximate surface area is 161 Å². The van der Waals surface area contributed by atoms with Gasteiger partial charge in [-0.3, -0.25) is 9.69 Å². The number of carbonyl (C=O) groups is 1. The van der Waals surface area contributed by atoms with E-state index in [1.54, 1.807) is 0 Å². The fourth-order valence-corrected chi connectivity index (χ4v) is 3.07. The first kappa shape index (κ1) is 19.4. The molecule has 1 aliphatic rings. The van der Waals surface area contributed by atoms with E-state index in [2.05, 4.69) is 22.3 Å². The molecule has 0 unspecified atom stereocenters. The molecule has 0 atom stereocenters. The highest BCUT2D eigenvalue weighted by molar-refractivity contribution is 5.91. The number of amides is 1. The first-order valence-electron chi connectivity index (χ1n) is 9.49. The zero-order valence-electron chi connectivity index (χ0n) is 16.2. The summed E-state index contributed by atoms with van der Waals surface area (Å²) >= 11 is 0. The third-order valence-corrected chi connectivity index (χ3v) is 4.76. The van der Waals surface area contributed by atoms with Gasteiger partial charge in [-0.1, -0.05) is 24.3 Å². The number of hydrogen-bond donors (Lipinski definition) is 1. The smallest absolute Gasteiger partial charge is 0.262 e. The molecule has 0 radical (unpaired) electrons. The van der Waals surface area contributed by atoms with Gasteiger partial charge in [0.1, 0.15) is 5.75 Å². The predicted octanol–water partition coefficient (Wildman–Crippen LogP) is 3.20. The number of hydrogen-bond acceptors (Lipinski definition) is 4. The topological polar surface area (TPSA) is 50.8 Å². The monoisotopic (exact) mass is 368 g/mol. The maximum Gasteiger partial charge on any atom is 0.262 e. The molecule has 2 aromatic carbocycles. The zero-order valence-corrected chi connectivity index (χ0v) is 16.2. The van der Waals surface area contributed by atoms with Crippen LogP contribution in [0, 0.1) is 13.8 Å². The lowest BCUT2D eigenvalue weighted by Gasteiger charge is -2.26. The van der Waals surface area contributed by atoms with Crippen LogP contribution in [0.4, 0.5) is 5.69 Å². The largest absolute Gasteiger partial charge is 0.483 e. The number of rotatable bonds is 7. The van der Waals surface area contributed by atoms with Crippen LogP contribution in [0.3, 0.4) is 0 Å². The van der Waals surface area contributed by atoms with E-state index < -0.39 is 0 Å². The molecule has 1 amide bonds. The number of benzene rings is 2. The number of ether oxygens (including phenoxy) is 2. The molecule has 0 saturated carbocycles. The molecule has 2 aromatic rings. The van der Waals surface area contributed by atoms with E-state index in [1.807, 2.05) is 44.2 Å². The second-order valence-corrected chi connectivity index (χ2v) is 7.01. The van der Waals surface area contributed by atoms with E-state index in [0.29, 0.717) is 0 Å². The zero-order chi connectivity index (χ0) is 19.1. The number of morpholine rings is 1. The Morgan fingerprint density at radius 3 is 2.59 bits per heavy atom. The number of anilines is 1.